The second-order valence-electron chi connectivity index (χ2n) is 8.23. The van der Waals surface area contributed by atoms with E-state index in [0.29, 0.717) is 6.54 Å². The standard InChI is InChI=1S/C17H38N2.C3H10N2.2C3H6/c1-3-4-5-6-7-8-9-10-11-12-13-14-15-17(19)16(2)18;1-3(5)2-4;2*1-3-2/h16-17H,3-15,18-19H2,1-2H3;3H,2,4-5H2,1H3;2*3H,1H2,2H3. The van der Waals surface area contributed by atoms with Gasteiger partial charge in [-0.1, -0.05) is 96.1 Å². The first-order valence-electron chi connectivity index (χ1n) is 12.4. The van der Waals surface area contributed by atoms with Crippen molar-refractivity contribution < 1.29 is 0 Å². The van der Waals surface area contributed by atoms with Crippen LogP contribution < -0.4 is 22.9 Å². The second-order valence-corrected chi connectivity index (χ2v) is 8.23. The van der Waals surface area contributed by atoms with E-state index < -0.39 is 0 Å². The molecule has 0 spiro atoms. The molecule has 0 aliphatic rings. The van der Waals surface area contributed by atoms with Crippen LogP contribution in [0.1, 0.15) is 118 Å². The number of hydrogen-bond acceptors (Lipinski definition) is 4. The summed E-state index contributed by atoms with van der Waals surface area (Å²) in [4.78, 5) is 0. The largest absolute Gasteiger partial charge is 0.329 e. The summed E-state index contributed by atoms with van der Waals surface area (Å²) in [6, 6.07) is 0.505. The summed E-state index contributed by atoms with van der Waals surface area (Å²) in [6.07, 6.45) is 21.4. The maximum Gasteiger partial charge on any atom is 0.0189 e. The van der Waals surface area contributed by atoms with Crippen molar-refractivity contribution in [2.24, 2.45) is 22.9 Å². The van der Waals surface area contributed by atoms with Crippen LogP contribution in [0.4, 0.5) is 0 Å². The van der Waals surface area contributed by atoms with Crippen LogP contribution in [-0.2, 0) is 0 Å². The van der Waals surface area contributed by atoms with Crippen LogP contribution in [0, 0.1) is 0 Å². The van der Waals surface area contributed by atoms with Crippen LogP contribution in [0.25, 0.3) is 0 Å². The molecule has 30 heavy (non-hydrogen) atoms. The van der Waals surface area contributed by atoms with Crippen molar-refractivity contribution >= 4 is 0 Å². The van der Waals surface area contributed by atoms with E-state index in [1.54, 1.807) is 12.2 Å². The summed E-state index contributed by atoms with van der Waals surface area (Å²) in [7, 11) is 0. The first kappa shape index (κ1) is 36.7. The van der Waals surface area contributed by atoms with Crippen LogP contribution in [0.2, 0.25) is 0 Å². The molecule has 0 aliphatic heterocycles. The fourth-order valence-electron chi connectivity index (χ4n) is 2.48. The van der Waals surface area contributed by atoms with Crippen molar-refractivity contribution in [3.8, 4) is 0 Å². The van der Waals surface area contributed by atoms with E-state index in [4.69, 9.17) is 22.9 Å². The van der Waals surface area contributed by atoms with Crippen LogP contribution in [0.3, 0.4) is 0 Å². The molecule has 0 bridgehead atoms. The van der Waals surface area contributed by atoms with E-state index in [9.17, 15) is 0 Å². The Balaban J connectivity index is -0.000000253. The quantitative estimate of drug-likeness (QED) is 0.178. The van der Waals surface area contributed by atoms with Gasteiger partial charge in [0.15, 0.2) is 0 Å². The molecule has 184 valence electrons. The minimum absolute atomic E-state index is 0.146. The molecule has 0 rings (SSSR count). The molecule has 3 atom stereocenters. The molecule has 0 aromatic rings. The molecule has 4 nitrogen and oxygen atoms in total. The molecule has 0 saturated carbocycles. The molecule has 8 N–H and O–H groups in total. The Morgan fingerprint density at radius 3 is 1.17 bits per heavy atom. The van der Waals surface area contributed by atoms with Gasteiger partial charge in [0.1, 0.15) is 0 Å². The van der Waals surface area contributed by atoms with E-state index in [-0.39, 0.29) is 18.1 Å². The summed E-state index contributed by atoms with van der Waals surface area (Å²) >= 11 is 0. The second kappa shape index (κ2) is 35.7. The fourth-order valence-corrected chi connectivity index (χ4v) is 2.48. The SMILES string of the molecule is C=CC.C=CC.CC(N)CN.CCCCCCCCCCCCCCC(N)C(C)N. The highest BCUT2D eigenvalue weighted by Crippen LogP contribution is 2.12. The van der Waals surface area contributed by atoms with Crippen molar-refractivity contribution in [3.05, 3.63) is 25.3 Å². The highest BCUT2D eigenvalue weighted by atomic mass is 14.8. The molecule has 0 heterocycles. The molecule has 4 heteroatoms. The summed E-state index contributed by atoms with van der Waals surface area (Å²) in [6.45, 7) is 17.2. The highest BCUT2D eigenvalue weighted by molar-refractivity contribution is 4.70. The number of unbranched alkanes of at least 4 members (excludes halogenated alkanes) is 11. The molecule has 0 aromatic carbocycles. The van der Waals surface area contributed by atoms with Crippen LogP contribution in [0.5, 0.6) is 0 Å². The zero-order valence-corrected chi connectivity index (χ0v) is 21.5. The number of allylic oxidation sites excluding steroid dienone is 2. The molecular weight excluding hydrogens is 368 g/mol. The van der Waals surface area contributed by atoms with E-state index in [2.05, 4.69) is 20.1 Å². The Morgan fingerprint density at radius 1 is 0.667 bits per heavy atom. The molecule has 0 saturated heterocycles. The zero-order chi connectivity index (χ0) is 24.0. The molecule has 0 fully saturated rings. The van der Waals surface area contributed by atoms with E-state index in [1.807, 2.05) is 27.7 Å². The summed E-state index contributed by atoms with van der Waals surface area (Å²) in [5.41, 5.74) is 21.9. The predicted molar refractivity (Wildman–Crippen MR) is 142 cm³/mol. The molecular formula is C26H60N4. The highest BCUT2D eigenvalue weighted by Gasteiger charge is 2.06. The normalized spacial score (nSPS) is 12.6. The Kier molecular flexibility index (Phi) is 43.7. The fraction of sp³-hybridized carbons (Fsp3) is 0.846. The summed E-state index contributed by atoms with van der Waals surface area (Å²) < 4.78 is 0. The van der Waals surface area contributed by atoms with E-state index >= 15 is 0 Å². The number of hydrogen-bond donors (Lipinski definition) is 4. The maximum absolute atomic E-state index is 5.92. The Morgan fingerprint density at radius 2 is 0.933 bits per heavy atom. The van der Waals surface area contributed by atoms with Gasteiger partial charge in [0.25, 0.3) is 0 Å². The third kappa shape index (κ3) is 50.7. The lowest BCUT2D eigenvalue weighted by Crippen LogP contribution is -2.38. The lowest BCUT2D eigenvalue weighted by Gasteiger charge is -2.14. The van der Waals surface area contributed by atoms with E-state index in [1.165, 1.54) is 77.0 Å². The minimum atomic E-state index is 0.146. The lowest BCUT2D eigenvalue weighted by atomic mass is 10.0. The lowest BCUT2D eigenvalue weighted by molar-refractivity contribution is 0.481. The zero-order valence-electron chi connectivity index (χ0n) is 21.5. The first-order chi connectivity index (χ1) is 14.3. The van der Waals surface area contributed by atoms with Gasteiger partial charge in [0.2, 0.25) is 0 Å². The Hall–Kier alpha value is -0.680. The average molecular weight is 429 g/mol. The van der Waals surface area contributed by atoms with Gasteiger partial charge in [-0.2, -0.15) is 0 Å². The van der Waals surface area contributed by atoms with E-state index in [0.717, 1.165) is 6.42 Å². The van der Waals surface area contributed by atoms with Gasteiger partial charge in [0.05, 0.1) is 0 Å². The van der Waals surface area contributed by atoms with Gasteiger partial charge in [-0.15, -0.1) is 13.2 Å². The first-order valence-corrected chi connectivity index (χ1v) is 12.4. The molecule has 0 aromatic heterocycles. The monoisotopic (exact) mass is 428 g/mol. The summed E-state index contributed by atoms with van der Waals surface area (Å²) in [5, 5.41) is 0. The predicted octanol–water partition coefficient (Wildman–Crippen LogP) is 6.43. The molecule has 3 unspecified atom stereocenters. The minimum Gasteiger partial charge on any atom is -0.329 e. The van der Waals surface area contributed by atoms with Crippen LogP contribution in [0.15, 0.2) is 25.3 Å². The third-order valence-electron chi connectivity index (χ3n) is 4.44. The van der Waals surface area contributed by atoms with Gasteiger partial charge in [-0.3, -0.25) is 0 Å². The van der Waals surface area contributed by atoms with Gasteiger partial charge < -0.3 is 22.9 Å². The van der Waals surface area contributed by atoms with Gasteiger partial charge >= 0.3 is 0 Å². The topological polar surface area (TPSA) is 104 Å². The molecule has 0 aliphatic carbocycles. The smallest absolute Gasteiger partial charge is 0.0189 e. The van der Waals surface area contributed by atoms with Crippen molar-refractivity contribution in [1.29, 1.82) is 0 Å². The average Bonchev–Trinajstić information content (AvgIpc) is 2.70. The van der Waals surface area contributed by atoms with Crippen molar-refractivity contribution in [3.63, 3.8) is 0 Å². The number of rotatable bonds is 15. The summed E-state index contributed by atoms with van der Waals surface area (Å²) in [5.74, 6) is 0. The van der Waals surface area contributed by atoms with Crippen molar-refractivity contribution in [1.82, 2.24) is 0 Å². The third-order valence-corrected chi connectivity index (χ3v) is 4.44. The van der Waals surface area contributed by atoms with Gasteiger partial charge in [-0.25, -0.2) is 0 Å². The molecule has 0 amide bonds. The Labute approximate surface area is 191 Å². The Bertz CT molecular complexity index is 285. The molecule has 0 radical (unpaired) electrons. The van der Waals surface area contributed by atoms with Crippen LogP contribution in [-0.4, -0.2) is 24.7 Å². The van der Waals surface area contributed by atoms with Gasteiger partial charge in [-0.05, 0) is 34.1 Å². The number of nitrogens with two attached hydrogens (primary N) is 4. The maximum atomic E-state index is 5.92. The van der Waals surface area contributed by atoms with Crippen molar-refractivity contribution in [2.45, 2.75) is 136 Å². The van der Waals surface area contributed by atoms with Crippen LogP contribution >= 0.6 is 0 Å². The van der Waals surface area contributed by atoms with Gasteiger partial charge in [0, 0.05) is 24.7 Å². The van der Waals surface area contributed by atoms with Crippen molar-refractivity contribution in [2.75, 3.05) is 6.54 Å².